The summed E-state index contributed by atoms with van der Waals surface area (Å²) in [7, 11) is -12.1. The molecule has 1 atom stereocenters. The first-order chi connectivity index (χ1) is 14.2. The minimum atomic E-state index is -10.7. The predicted octanol–water partition coefficient (Wildman–Crippen LogP) is 8.66. The van der Waals surface area contributed by atoms with Crippen molar-refractivity contribution in [2.75, 3.05) is 6.16 Å². The number of hydrogen-bond donors (Lipinski definition) is 0. The zero-order valence-corrected chi connectivity index (χ0v) is 18.9. The van der Waals surface area contributed by atoms with E-state index in [9.17, 15) is 25.2 Å². The van der Waals surface area contributed by atoms with E-state index in [1.165, 1.54) is 17.9 Å². The van der Waals surface area contributed by atoms with E-state index in [-0.39, 0.29) is 0 Å². The summed E-state index contributed by atoms with van der Waals surface area (Å²) in [5.74, 6) is 0.613. The normalized spacial score (nSPS) is 19.8. The first-order valence-electron chi connectivity index (χ1n) is 9.79. The van der Waals surface area contributed by atoms with Gasteiger partial charge in [-0.1, -0.05) is 61.5 Å². The fraction of sp³-hybridized carbons (Fsp3) is 0.217. The van der Waals surface area contributed by atoms with Crippen LogP contribution in [-0.2, 0) is 6.16 Å². The maximum absolute atomic E-state index is 10.7. The van der Waals surface area contributed by atoms with Crippen LogP contribution in [0.25, 0.3) is 0 Å². The standard InChI is InChI=1S/C23H24P.F6P/c1-18-10-9-15-22-19(2)16-24(17-23(18)22,20-11-5-3-6-12-20)21-13-7-4-8-14-21;1-7(2,3,4,5)6/h3-15,19H,16-17H2,1-2H3;/q+1;-1. The molecule has 0 N–H and O–H groups in total. The van der Waals surface area contributed by atoms with Crippen molar-refractivity contribution in [1.82, 2.24) is 0 Å². The Morgan fingerprint density at radius 1 is 0.710 bits per heavy atom. The Bertz CT molecular complexity index is 998. The van der Waals surface area contributed by atoms with E-state index >= 15 is 0 Å². The number of fused-ring (bicyclic) bond motifs is 1. The summed E-state index contributed by atoms with van der Waals surface area (Å²) in [6.07, 6.45) is 2.48. The molecule has 1 unspecified atom stereocenters. The molecule has 0 radical (unpaired) electrons. The van der Waals surface area contributed by atoms with Crippen LogP contribution in [0.4, 0.5) is 25.2 Å². The fourth-order valence-electron chi connectivity index (χ4n) is 4.27. The van der Waals surface area contributed by atoms with Crippen LogP contribution < -0.4 is 10.6 Å². The molecule has 1 heterocycles. The van der Waals surface area contributed by atoms with Crippen molar-refractivity contribution in [3.63, 3.8) is 0 Å². The molecular weight excluding hydrogens is 452 g/mol. The number of halogens is 6. The van der Waals surface area contributed by atoms with Gasteiger partial charge in [0.05, 0.1) is 30.2 Å². The average Bonchev–Trinajstić information content (AvgIpc) is 2.68. The van der Waals surface area contributed by atoms with Crippen LogP contribution in [0.3, 0.4) is 0 Å². The first-order valence-corrected chi connectivity index (χ1v) is 14.0. The molecule has 3 aromatic carbocycles. The van der Waals surface area contributed by atoms with E-state index in [4.69, 9.17) is 0 Å². The van der Waals surface area contributed by atoms with E-state index in [1.807, 2.05) is 0 Å². The summed E-state index contributed by atoms with van der Waals surface area (Å²) in [6, 6.07) is 29.4. The summed E-state index contributed by atoms with van der Waals surface area (Å²) in [6.45, 7) is 4.69. The fourth-order valence-corrected chi connectivity index (χ4v) is 9.08. The van der Waals surface area contributed by atoms with Gasteiger partial charge in [0.15, 0.2) is 0 Å². The predicted molar refractivity (Wildman–Crippen MR) is 121 cm³/mol. The van der Waals surface area contributed by atoms with Crippen molar-refractivity contribution in [3.8, 4) is 0 Å². The molecule has 0 spiro atoms. The van der Waals surface area contributed by atoms with Crippen LogP contribution in [0.1, 0.15) is 29.5 Å². The molecule has 31 heavy (non-hydrogen) atoms. The van der Waals surface area contributed by atoms with Gasteiger partial charge in [-0.25, -0.2) is 0 Å². The second-order valence-electron chi connectivity index (χ2n) is 7.98. The summed E-state index contributed by atoms with van der Waals surface area (Å²) in [4.78, 5) is 0. The van der Waals surface area contributed by atoms with Crippen molar-refractivity contribution >= 4 is 25.7 Å². The molecule has 1 aliphatic rings. The SMILES string of the molecule is Cc1cccc2c1C[P+](c1ccccc1)(c1ccccc1)CC2C.F[P-](F)(F)(F)(F)F. The quantitative estimate of drug-likeness (QED) is 0.256. The number of rotatable bonds is 2. The Balaban J connectivity index is 0.000000339. The first kappa shape index (κ1) is 23.8. The van der Waals surface area contributed by atoms with E-state index in [0.29, 0.717) is 5.92 Å². The number of benzene rings is 3. The van der Waals surface area contributed by atoms with Crippen LogP contribution >= 0.6 is 15.1 Å². The molecule has 1 aliphatic heterocycles. The molecule has 4 rings (SSSR count). The van der Waals surface area contributed by atoms with Crippen molar-refractivity contribution in [3.05, 3.63) is 95.6 Å². The van der Waals surface area contributed by atoms with Crippen LogP contribution in [0.15, 0.2) is 78.9 Å². The Morgan fingerprint density at radius 2 is 1.16 bits per heavy atom. The summed E-state index contributed by atoms with van der Waals surface area (Å²) < 4.78 is 59.2. The van der Waals surface area contributed by atoms with Crippen molar-refractivity contribution < 1.29 is 25.2 Å². The van der Waals surface area contributed by atoms with Crippen molar-refractivity contribution in [1.29, 1.82) is 0 Å². The molecule has 3 aromatic rings. The molecule has 0 aliphatic carbocycles. The zero-order chi connectivity index (χ0) is 23.0. The molecule has 0 amide bonds. The van der Waals surface area contributed by atoms with Gasteiger partial charge in [0.1, 0.15) is 0 Å². The molecule has 8 heteroatoms. The van der Waals surface area contributed by atoms with Crippen LogP contribution in [0, 0.1) is 6.92 Å². The average molecular weight is 476 g/mol. The number of hydrogen-bond acceptors (Lipinski definition) is 0. The van der Waals surface area contributed by atoms with Gasteiger partial charge in [-0.05, 0) is 47.9 Å². The summed E-state index contributed by atoms with van der Waals surface area (Å²) in [5, 5.41) is 3.11. The molecule has 0 aromatic heterocycles. The molecular formula is C23H24F6P2. The molecule has 0 fully saturated rings. The van der Waals surface area contributed by atoms with Gasteiger partial charge in [0.2, 0.25) is 0 Å². The van der Waals surface area contributed by atoms with Gasteiger partial charge in [-0.2, -0.15) is 0 Å². The van der Waals surface area contributed by atoms with E-state index in [2.05, 4.69) is 92.7 Å². The zero-order valence-electron chi connectivity index (χ0n) is 17.2. The molecule has 0 nitrogen and oxygen atoms in total. The van der Waals surface area contributed by atoms with Gasteiger partial charge >= 0.3 is 33.0 Å². The Kier molecular flexibility index (Phi) is 5.83. The van der Waals surface area contributed by atoms with Crippen molar-refractivity contribution in [2.24, 2.45) is 0 Å². The second-order valence-corrected chi connectivity index (χ2v) is 13.5. The molecule has 168 valence electrons. The van der Waals surface area contributed by atoms with Crippen LogP contribution in [0.5, 0.6) is 0 Å². The van der Waals surface area contributed by atoms with Crippen LogP contribution in [0.2, 0.25) is 0 Å². The van der Waals surface area contributed by atoms with Gasteiger partial charge in [0.25, 0.3) is 0 Å². The third kappa shape index (κ3) is 6.54. The summed E-state index contributed by atoms with van der Waals surface area (Å²) in [5.41, 5.74) is 4.62. The maximum atomic E-state index is 9.87. The molecule has 0 bridgehead atoms. The Labute approximate surface area is 178 Å². The van der Waals surface area contributed by atoms with Gasteiger partial charge < -0.3 is 0 Å². The Hall–Kier alpha value is -1.90. The summed E-state index contributed by atoms with van der Waals surface area (Å²) >= 11 is 0. The van der Waals surface area contributed by atoms with E-state index in [0.717, 1.165) is 0 Å². The van der Waals surface area contributed by atoms with Gasteiger partial charge in [0, 0.05) is 5.92 Å². The second kappa shape index (κ2) is 7.60. The Morgan fingerprint density at radius 3 is 1.61 bits per heavy atom. The molecule has 0 saturated carbocycles. The van der Waals surface area contributed by atoms with Crippen LogP contribution in [-0.4, -0.2) is 6.16 Å². The number of aryl methyl sites for hydroxylation is 1. The van der Waals surface area contributed by atoms with Crippen molar-refractivity contribution in [2.45, 2.75) is 25.9 Å². The monoisotopic (exact) mass is 476 g/mol. The van der Waals surface area contributed by atoms with E-state index < -0.39 is 15.1 Å². The topological polar surface area (TPSA) is 0 Å². The third-order valence-corrected chi connectivity index (χ3v) is 10.1. The van der Waals surface area contributed by atoms with E-state index in [1.54, 1.807) is 21.7 Å². The third-order valence-electron chi connectivity index (χ3n) is 5.49. The molecule has 0 saturated heterocycles. The minimum absolute atomic E-state index is 0.613. The van der Waals surface area contributed by atoms with Gasteiger partial charge in [-0.3, -0.25) is 0 Å². The van der Waals surface area contributed by atoms with Gasteiger partial charge in [-0.15, -0.1) is 0 Å².